The molecule has 0 saturated carbocycles. The monoisotopic (exact) mass is 358 g/mol. The van der Waals surface area contributed by atoms with Gasteiger partial charge in [-0.2, -0.15) is 4.31 Å². The number of rotatable bonds is 6. The highest BCUT2D eigenvalue weighted by Crippen LogP contribution is 2.12. The van der Waals surface area contributed by atoms with Crippen molar-refractivity contribution in [2.24, 2.45) is 0 Å². The molecule has 0 spiro atoms. The van der Waals surface area contributed by atoms with Gasteiger partial charge in [-0.25, -0.2) is 13.4 Å². The number of nitrogens with zero attached hydrogens (tertiary/aromatic N) is 3. The van der Waals surface area contributed by atoms with Crippen LogP contribution in [0.3, 0.4) is 0 Å². The third kappa shape index (κ3) is 4.36. The van der Waals surface area contributed by atoms with E-state index in [4.69, 9.17) is 0 Å². The summed E-state index contributed by atoms with van der Waals surface area (Å²) in [6, 6.07) is 1.46. The van der Waals surface area contributed by atoms with Crippen molar-refractivity contribution in [3.8, 4) is 0 Å². The smallest absolute Gasteiger partial charge is 0.258 e. The molecule has 0 aliphatic heterocycles. The number of aromatic nitrogens is 2. The Bertz CT molecular complexity index is 885. The van der Waals surface area contributed by atoms with E-state index in [1.165, 1.54) is 28.9 Å². The maximum absolute atomic E-state index is 12.0. The number of carbonyl (C=O) groups excluding carboxylic acids is 1. The Morgan fingerprint density at radius 3 is 2.83 bits per heavy atom. The number of thiazole rings is 1. The lowest BCUT2D eigenvalue weighted by molar-refractivity contribution is -0.121. The standard InChI is InChI=1S/C13H18N4O4S2/c1-9-6-12(19)17-10(8-22-13(17)15-9)4-5-14-11(18)7-16(2)23(3,20)21/h6,8H,4-5,7H2,1-3H3,(H,14,18). The topological polar surface area (TPSA) is 101 Å². The summed E-state index contributed by atoms with van der Waals surface area (Å²) in [5, 5.41) is 4.47. The van der Waals surface area contributed by atoms with Crippen LogP contribution in [-0.2, 0) is 21.2 Å². The van der Waals surface area contributed by atoms with Crippen molar-refractivity contribution >= 4 is 32.2 Å². The molecule has 0 aliphatic rings. The van der Waals surface area contributed by atoms with Crippen LogP contribution in [0.4, 0.5) is 0 Å². The fourth-order valence-electron chi connectivity index (χ4n) is 1.96. The molecule has 2 aromatic rings. The number of hydrogen-bond donors (Lipinski definition) is 1. The molecule has 0 saturated heterocycles. The molecule has 0 aliphatic carbocycles. The first-order valence-corrected chi connectivity index (χ1v) is 9.56. The number of carbonyl (C=O) groups is 1. The van der Waals surface area contributed by atoms with Crippen LogP contribution < -0.4 is 10.9 Å². The summed E-state index contributed by atoms with van der Waals surface area (Å²) in [5.74, 6) is -0.390. The lowest BCUT2D eigenvalue weighted by Crippen LogP contribution is -2.38. The third-order valence-electron chi connectivity index (χ3n) is 3.24. The molecular formula is C13H18N4O4S2. The molecule has 126 valence electrons. The highest BCUT2D eigenvalue weighted by molar-refractivity contribution is 7.88. The van der Waals surface area contributed by atoms with E-state index in [0.717, 1.165) is 16.3 Å². The van der Waals surface area contributed by atoms with Gasteiger partial charge in [0, 0.05) is 42.8 Å². The Kier molecular flexibility index (Phi) is 5.17. The Hall–Kier alpha value is -1.78. The van der Waals surface area contributed by atoms with Crippen molar-refractivity contribution in [2.75, 3.05) is 26.4 Å². The minimum atomic E-state index is -3.38. The summed E-state index contributed by atoms with van der Waals surface area (Å²) >= 11 is 1.37. The van der Waals surface area contributed by atoms with E-state index in [1.54, 1.807) is 6.92 Å². The van der Waals surface area contributed by atoms with Crippen molar-refractivity contribution in [3.63, 3.8) is 0 Å². The first kappa shape index (κ1) is 17.6. The summed E-state index contributed by atoms with van der Waals surface area (Å²) in [7, 11) is -2.04. The van der Waals surface area contributed by atoms with Gasteiger partial charge in [0.1, 0.15) is 0 Å². The molecule has 1 N–H and O–H groups in total. The Morgan fingerprint density at radius 2 is 2.17 bits per heavy atom. The van der Waals surface area contributed by atoms with Gasteiger partial charge >= 0.3 is 0 Å². The van der Waals surface area contributed by atoms with Gasteiger partial charge in [-0.3, -0.25) is 14.0 Å². The highest BCUT2D eigenvalue weighted by Gasteiger charge is 2.15. The first-order valence-electron chi connectivity index (χ1n) is 6.83. The Balaban J connectivity index is 1.97. The SMILES string of the molecule is Cc1cc(=O)n2c(CCNC(=O)CN(C)S(C)(=O)=O)csc2n1. The maximum Gasteiger partial charge on any atom is 0.258 e. The molecule has 0 radical (unpaired) electrons. The van der Waals surface area contributed by atoms with Crippen molar-refractivity contribution in [2.45, 2.75) is 13.3 Å². The van der Waals surface area contributed by atoms with Crippen molar-refractivity contribution in [1.29, 1.82) is 0 Å². The summed E-state index contributed by atoms with van der Waals surface area (Å²) in [4.78, 5) is 28.6. The molecule has 2 heterocycles. The van der Waals surface area contributed by atoms with Gasteiger partial charge in [-0.15, -0.1) is 11.3 Å². The second kappa shape index (κ2) is 6.77. The Labute approximate surface area is 137 Å². The zero-order valence-corrected chi connectivity index (χ0v) is 14.7. The van der Waals surface area contributed by atoms with Crippen LogP contribution in [0, 0.1) is 6.92 Å². The number of likely N-dealkylation sites (N-methyl/N-ethyl adjacent to an activating group) is 1. The van der Waals surface area contributed by atoms with Crippen LogP contribution in [0.25, 0.3) is 4.96 Å². The molecule has 0 atom stereocenters. The van der Waals surface area contributed by atoms with Gasteiger partial charge in [0.25, 0.3) is 5.56 Å². The van der Waals surface area contributed by atoms with Crippen molar-refractivity contribution in [3.05, 3.63) is 33.2 Å². The fourth-order valence-corrected chi connectivity index (χ4v) is 3.29. The number of sulfonamides is 1. The molecule has 0 bridgehead atoms. The van der Waals surface area contributed by atoms with E-state index in [2.05, 4.69) is 10.3 Å². The van der Waals surface area contributed by atoms with Gasteiger partial charge < -0.3 is 5.32 Å². The van der Waals surface area contributed by atoms with E-state index in [-0.39, 0.29) is 12.1 Å². The largest absolute Gasteiger partial charge is 0.355 e. The van der Waals surface area contributed by atoms with Gasteiger partial charge in [0.05, 0.1) is 12.8 Å². The second-order valence-corrected chi connectivity index (χ2v) is 8.13. The average molecular weight is 358 g/mol. The zero-order valence-electron chi connectivity index (χ0n) is 13.1. The fraction of sp³-hybridized carbons (Fsp3) is 0.462. The van der Waals surface area contributed by atoms with Crippen LogP contribution in [-0.4, -0.2) is 54.4 Å². The molecule has 8 nitrogen and oxygen atoms in total. The molecule has 0 fully saturated rings. The van der Waals surface area contributed by atoms with Gasteiger partial charge in [-0.05, 0) is 6.92 Å². The van der Waals surface area contributed by atoms with E-state index < -0.39 is 15.9 Å². The lowest BCUT2D eigenvalue weighted by Gasteiger charge is -2.13. The van der Waals surface area contributed by atoms with Crippen molar-refractivity contribution < 1.29 is 13.2 Å². The normalized spacial score (nSPS) is 12.0. The third-order valence-corrected chi connectivity index (χ3v) is 5.38. The molecule has 23 heavy (non-hydrogen) atoms. The molecule has 0 unspecified atom stereocenters. The van der Waals surface area contributed by atoms with E-state index in [0.29, 0.717) is 23.6 Å². The Morgan fingerprint density at radius 1 is 1.48 bits per heavy atom. The highest BCUT2D eigenvalue weighted by atomic mass is 32.2. The number of amides is 1. The maximum atomic E-state index is 12.0. The van der Waals surface area contributed by atoms with Crippen LogP contribution in [0.1, 0.15) is 11.4 Å². The molecule has 1 amide bonds. The number of nitrogens with one attached hydrogen (secondary N) is 1. The predicted molar refractivity (Wildman–Crippen MR) is 88.3 cm³/mol. The minimum absolute atomic E-state index is 0.146. The van der Waals surface area contributed by atoms with Crippen LogP contribution >= 0.6 is 11.3 Å². The summed E-state index contributed by atoms with van der Waals surface area (Å²) in [6.45, 7) is 1.84. The zero-order chi connectivity index (χ0) is 17.2. The lowest BCUT2D eigenvalue weighted by atomic mass is 10.3. The van der Waals surface area contributed by atoms with Crippen LogP contribution in [0.2, 0.25) is 0 Å². The molecular weight excluding hydrogens is 340 g/mol. The average Bonchev–Trinajstić information content (AvgIpc) is 2.80. The quantitative estimate of drug-likeness (QED) is 0.758. The summed E-state index contributed by atoms with van der Waals surface area (Å²) < 4.78 is 25.0. The van der Waals surface area contributed by atoms with Crippen molar-refractivity contribution in [1.82, 2.24) is 19.0 Å². The molecule has 2 aromatic heterocycles. The minimum Gasteiger partial charge on any atom is -0.355 e. The van der Waals surface area contributed by atoms with Crippen LogP contribution in [0.5, 0.6) is 0 Å². The summed E-state index contributed by atoms with van der Waals surface area (Å²) in [5.41, 5.74) is 1.28. The number of fused-ring (bicyclic) bond motifs is 1. The van der Waals surface area contributed by atoms with Crippen LogP contribution in [0.15, 0.2) is 16.2 Å². The molecule has 2 rings (SSSR count). The van der Waals surface area contributed by atoms with Gasteiger partial charge in [0.15, 0.2) is 4.96 Å². The molecule has 0 aromatic carbocycles. The first-order chi connectivity index (χ1) is 10.7. The van der Waals surface area contributed by atoms with Gasteiger partial charge in [-0.1, -0.05) is 0 Å². The van der Waals surface area contributed by atoms with E-state index >= 15 is 0 Å². The second-order valence-electron chi connectivity index (χ2n) is 5.20. The summed E-state index contributed by atoms with van der Waals surface area (Å²) in [6.07, 6.45) is 1.50. The molecule has 10 heteroatoms. The van der Waals surface area contributed by atoms with Gasteiger partial charge in [0.2, 0.25) is 15.9 Å². The van der Waals surface area contributed by atoms with E-state index in [1.807, 2.05) is 5.38 Å². The predicted octanol–water partition coefficient (Wildman–Crippen LogP) is -0.385. The number of hydrogen-bond acceptors (Lipinski definition) is 6. The van der Waals surface area contributed by atoms with E-state index in [9.17, 15) is 18.0 Å². The number of aryl methyl sites for hydroxylation is 1.